The Balaban J connectivity index is 1.98. The zero-order chi connectivity index (χ0) is 23.6. The molecule has 0 aromatic heterocycles. The summed E-state index contributed by atoms with van der Waals surface area (Å²) < 4.78 is 5.95. The Labute approximate surface area is 186 Å². The van der Waals surface area contributed by atoms with E-state index in [2.05, 4.69) is 6.08 Å². The van der Waals surface area contributed by atoms with Gasteiger partial charge in [-0.1, -0.05) is 23.3 Å². The van der Waals surface area contributed by atoms with Crippen molar-refractivity contribution in [3.8, 4) is 34.5 Å². The van der Waals surface area contributed by atoms with Gasteiger partial charge >= 0.3 is 0 Å². The first-order valence-electron chi connectivity index (χ1n) is 10.4. The Morgan fingerprint density at radius 2 is 1.62 bits per heavy atom. The Kier molecular flexibility index (Phi) is 6.67. The number of benzene rings is 2. The van der Waals surface area contributed by atoms with Gasteiger partial charge in [-0.25, -0.2) is 0 Å². The van der Waals surface area contributed by atoms with Gasteiger partial charge in [0.2, 0.25) is 0 Å². The second kappa shape index (κ2) is 9.26. The number of allylic oxidation sites excluding steroid dienone is 4. The lowest BCUT2D eigenvalue weighted by Gasteiger charge is -2.29. The molecule has 7 heteroatoms. The molecule has 0 bridgehead atoms. The molecule has 1 aliphatic rings. The largest absolute Gasteiger partial charge is 0.508 e. The van der Waals surface area contributed by atoms with E-state index in [0.717, 1.165) is 36.6 Å². The monoisotopic (exact) mass is 440 g/mol. The van der Waals surface area contributed by atoms with Gasteiger partial charge in [0.15, 0.2) is 5.78 Å². The molecule has 1 aliphatic heterocycles. The molecule has 2 aromatic carbocycles. The highest BCUT2D eigenvalue weighted by Crippen LogP contribution is 2.48. The van der Waals surface area contributed by atoms with Crippen molar-refractivity contribution >= 4 is 5.78 Å². The van der Waals surface area contributed by atoms with Gasteiger partial charge in [-0.05, 0) is 40.0 Å². The number of ketones is 1. The predicted molar refractivity (Wildman–Crippen MR) is 120 cm³/mol. The first-order valence-corrected chi connectivity index (χ1v) is 10.4. The van der Waals surface area contributed by atoms with E-state index in [1.807, 2.05) is 26.8 Å². The van der Waals surface area contributed by atoms with E-state index >= 15 is 0 Å². The van der Waals surface area contributed by atoms with Crippen molar-refractivity contribution in [2.45, 2.75) is 52.6 Å². The van der Waals surface area contributed by atoms with Crippen LogP contribution in [-0.4, -0.2) is 31.3 Å². The molecule has 5 N–H and O–H groups in total. The lowest BCUT2D eigenvalue weighted by Crippen LogP contribution is -2.22. The van der Waals surface area contributed by atoms with Gasteiger partial charge < -0.3 is 30.3 Å². The molecular weight excluding hydrogens is 412 g/mol. The van der Waals surface area contributed by atoms with Gasteiger partial charge in [0.25, 0.3) is 0 Å². The quantitative estimate of drug-likeness (QED) is 0.393. The van der Waals surface area contributed by atoms with Crippen molar-refractivity contribution in [1.29, 1.82) is 0 Å². The molecule has 0 saturated heterocycles. The maximum absolute atomic E-state index is 12.8. The highest BCUT2D eigenvalue weighted by molar-refractivity contribution is 6.03. The molecular formula is C25H28O7. The van der Waals surface area contributed by atoms with Crippen molar-refractivity contribution in [2.75, 3.05) is 0 Å². The highest BCUT2D eigenvalue weighted by atomic mass is 16.5. The van der Waals surface area contributed by atoms with E-state index in [-0.39, 0.29) is 41.2 Å². The summed E-state index contributed by atoms with van der Waals surface area (Å²) >= 11 is 0. The Hall–Kier alpha value is -3.61. The summed E-state index contributed by atoms with van der Waals surface area (Å²) in [5.41, 5.74) is 2.57. The number of fused-ring (bicyclic) bond motifs is 1. The van der Waals surface area contributed by atoms with E-state index < -0.39 is 29.1 Å². The standard InChI is InChI=1S/C25H28O7/c1-13(2)5-4-6-14(3)7-8-16-17(27)11-20(30)24-21(31)12-22(32-25(16)24)23-18(28)9-15(26)10-19(23)29/h5,7,9-11,22,26-30H,4,6,8,12H2,1-3H3/b14-7+/t22-/m0/s1. The van der Waals surface area contributed by atoms with Gasteiger partial charge in [0.05, 0.1) is 12.0 Å². The SMILES string of the molecule is CC(C)=CCC/C(C)=C/Cc1c(O)cc(O)c2c1O[C@H](c1c(O)cc(O)cc1O)CC2=O. The van der Waals surface area contributed by atoms with Crippen molar-refractivity contribution in [2.24, 2.45) is 0 Å². The number of ether oxygens (including phenoxy) is 1. The molecule has 2 aromatic rings. The molecule has 3 rings (SSSR count). The number of Topliss-reactive ketones (excluding diaryl/α,β-unsaturated/α-hetero) is 1. The molecule has 170 valence electrons. The number of phenolic OH excluding ortho intramolecular Hbond substituents is 5. The summed E-state index contributed by atoms with van der Waals surface area (Å²) in [5, 5.41) is 50.7. The lowest BCUT2D eigenvalue weighted by molar-refractivity contribution is 0.0836. The van der Waals surface area contributed by atoms with Crippen molar-refractivity contribution in [3.63, 3.8) is 0 Å². The number of hydrogen-bond acceptors (Lipinski definition) is 7. The topological polar surface area (TPSA) is 127 Å². The van der Waals surface area contributed by atoms with Crippen molar-refractivity contribution in [3.05, 3.63) is 58.2 Å². The summed E-state index contributed by atoms with van der Waals surface area (Å²) in [4.78, 5) is 12.8. The number of carbonyl (C=O) groups excluding carboxylic acids is 1. The summed E-state index contributed by atoms with van der Waals surface area (Å²) in [6.45, 7) is 6.05. The Bertz CT molecular complexity index is 1080. The van der Waals surface area contributed by atoms with Crippen LogP contribution in [0.2, 0.25) is 0 Å². The minimum Gasteiger partial charge on any atom is -0.508 e. The zero-order valence-electron chi connectivity index (χ0n) is 18.3. The van der Waals surface area contributed by atoms with Crippen molar-refractivity contribution in [1.82, 2.24) is 0 Å². The van der Waals surface area contributed by atoms with E-state index in [4.69, 9.17) is 4.74 Å². The van der Waals surface area contributed by atoms with E-state index in [1.54, 1.807) is 0 Å². The molecule has 0 spiro atoms. The van der Waals surface area contributed by atoms with Crippen LogP contribution < -0.4 is 4.74 Å². The molecule has 0 radical (unpaired) electrons. The molecule has 0 unspecified atom stereocenters. The predicted octanol–water partition coefficient (Wildman–Crippen LogP) is 5.16. The molecule has 0 fully saturated rings. The molecule has 0 amide bonds. The highest BCUT2D eigenvalue weighted by Gasteiger charge is 2.35. The van der Waals surface area contributed by atoms with Crippen LogP contribution in [0.3, 0.4) is 0 Å². The maximum Gasteiger partial charge on any atom is 0.174 e. The maximum atomic E-state index is 12.8. The number of rotatable bonds is 6. The summed E-state index contributed by atoms with van der Waals surface area (Å²) in [6.07, 6.45) is 4.76. The first kappa shape index (κ1) is 23.1. The van der Waals surface area contributed by atoms with Crippen LogP contribution in [-0.2, 0) is 6.42 Å². The average Bonchev–Trinajstić information content (AvgIpc) is 2.66. The van der Waals surface area contributed by atoms with Crippen LogP contribution in [0.5, 0.6) is 34.5 Å². The van der Waals surface area contributed by atoms with Crippen LogP contribution in [0.1, 0.15) is 67.6 Å². The third-order valence-electron chi connectivity index (χ3n) is 5.44. The Morgan fingerprint density at radius 3 is 2.25 bits per heavy atom. The summed E-state index contributed by atoms with van der Waals surface area (Å²) in [5.74, 6) is -2.24. The fraction of sp³-hybridized carbons (Fsp3) is 0.320. The third-order valence-corrected chi connectivity index (χ3v) is 5.44. The first-order chi connectivity index (χ1) is 15.1. The average molecular weight is 440 g/mol. The third kappa shape index (κ3) is 4.82. The Morgan fingerprint density at radius 1 is 0.969 bits per heavy atom. The second-order valence-corrected chi connectivity index (χ2v) is 8.30. The summed E-state index contributed by atoms with van der Waals surface area (Å²) in [6, 6.07) is 3.20. The number of hydrogen-bond donors (Lipinski definition) is 5. The smallest absolute Gasteiger partial charge is 0.174 e. The van der Waals surface area contributed by atoms with E-state index in [9.17, 15) is 30.3 Å². The summed E-state index contributed by atoms with van der Waals surface area (Å²) in [7, 11) is 0. The second-order valence-electron chi connectivity index (χ2n) is 8.30. The fourth-order valence-corrected chi connectivity index (χ4v) is 3.79. The van der Waals surface area contributed by atoms with Crippen molar-refractivity contribution < 1.29 is 35.1 Å². The normalized spacial score (nSPS) is 15.8. The van der Waals surface area contributed by atoms with Crippen LogP contribution in [0.15, 0.2) is 41.5 Å². The number of aromatic hydroxyl groups is 5. The number of phenols is 5. The molecule has 0 saturated carbocycles. The van der Waals surface area contributed by atoms with E-state index in [0.29, 0.717) is 5.56 Å². The van der Waals surface area contributed by atoms with Crippen LogP contribution >= 0.6 is 0 Å². The van der Waals surface area contributed by atoms with Gasteiger partial charge in [-0.3, -0.25) is 4.79 Å². The molecule has 0 aliphatic carbocycles. The lowest BCUT2D eigenvalue weighted by atomic mass is 9.91. The molecule has 7 nitrogen and oxygen atoms in total. The fourth-order valence-electron chi connectivity index (χ4n) is 3.79. The number of carbonyl (C=O) groups is 1. The molecule has 1 heterocycles. The van der Waals surface area contributed by atoms with Gasteiger partial charge in [0.1, 0.15) is 46.2 Å². The zero-order valence-corrected chi connectivity index (χ0v) is 18.3. The minimum atomic E-state index is -1.06. The molecule has 32 heavy (non-hydrogen) atoms. The van der Waals surface area contributed by atoms with Crippen LogP contribution in [0.4, 0.5) is 0 Å². The van der Waals surface area contributed by atoms with Gasteiger partial charge in [0, 0.05) is 23.8 Å². The minimum absolute atomic E-state index is 0.0176. The van der Waals surface area contributed by atoms with E-state index in [1.165, 1.54) is 5.57 Å². The van der Waals surface area contributed by atoms with Crippen LogP contribution in [0.25, 0.3) is 0 Å². The molecule has 1 atom stereocenters. The van der Waals surface area contributed by atoms with Gasteiger partial charge in [-0.15, -0.1) is 0 Å². The van der Waals surface area contributed by atoms with Gasteiger partial charge in [-0.2, -0.15) is 0 Å². The van der Waals surface area contributed by atoms with Crippen LogP contribution in [0, 0.1) is 0 Å².